The number of ether oxygens (including phenoxy) is 1. The van der Waals surface area contributed by atoms with Crippen LogP contribution in [0, 0.1) is 0 Å². The number of carbonyl (C=O) groups excluding carboxylic acids is 2. The smallest absolute Gasteiger partial charge is 0.265 e. The summed E-state index contributed by atoms with van der Waals surface area (Å²) in [5, 5.41) is 5.49. The highest BCUT2D eigenvalue weighted by Gasteiger charge is 2.36. The molecule has 3 aromatic carbocycles. The monoisotopic (exact) mass is 477 g/mol. The molecule has 3 aromatic rings. The fourth-order valence-electron chi connectivity index (χ4n) is 4.30. The van der Waals surface area contributed by atoms with Gasteiger partial charge in [0.2, 0.25) is 0 Å². The summed E-state index contributed by atoms with van der Waals surface area (Å²) < 4.78 is 33.9. The zero-order chi connectivity index (χ0) is 24.0. The van der Waals surface area contributed by atoms with Gasteiger partial charge in [-0.15, -0.1) is 0 Å². The van der Waals surface area contributed by atoms with Crippen LogP contribution in [0.1, 0.15) is 29.8 Å². The summed E-state index contributed by atoms with van der Waals surface area (Å²) in [5.41, 5.74) is 2.74. The molecule has 2 N–H and O–H groups in total. The topological polar surface area (TPSA) is 105 Å². The number of benzene rings is 3. The molecule has 0 spiro atoms. The number of amides is 2. The Hall–Kier alpha value is -3.85. The molecule has 0 saturated carbocycles. The molecule has 8 nitrogen and oxygen atoms in total. The van der Waals surface area contributed by atoms with Gasteiger partial charge in [0.25, 0.3) is 21.8 Å². The second kappa shape index (κ2) is 8.18. The maximum Gasteiger partial charge on any atom is 0.265 e. The van der Waals surface area contributed by atoms with Gasteiger partial charge < -0.3 is 15.4 Å². The minimum atomic E-state index is -3.86. The molecule has 5 rings (SSSR count). The lowest BCUT2D eigenvalue weighted by molar-refractivity contribution is -0.122. The van der Waals surface area contributed by atoms with E-state index in [0.717, 1.165) is 5.56 Å². The Morgan fingerprint density at radius 2 is 1.85 bits per heavy atom. The van der Waals surface area contributed by atoms with Gasteiger partial charge in [0, 0.05) is 17.3 Å². The predicted octanol–water partition coefficient (Wildman–Crippen LogP) is 3.80. The van der Waals surface area contributed by atoms with Crippen molar-refractivity contribution in [2.75, 3.05) is 14.9 Å². The first kappa shape index (κ1) is 22.0. The van der Waals surface area contributed by atoms with E-state index in [1.807, 2.05) is 25.1 Å². The number of fused-ring (bicyclic) bond motifs is 2. The molecular weight excluding hydrogens is 454 g/mol. The molecule has 2 heterocycles. The van der Waals surface area contributed by atoms with Gasteiger partial charge >= 0.3 is 0 Å². The van der Waals surface area contributed by atoms with Crippen LogP contribution in [0.2, 0.25) is 0 Å². The van der Waals surface area contributed by atoms with Crippen molar-refractivity contribution >= 4 is 38.9 Å². The molecule has 0 aliphatic carbocycles. The quantitative estimate of drug-likeness (QED) is 0.595. The number of nitrogens with zero attached hydrogens (tertiary/aromatic N) is 1. The fraction of sp³-hybridized carbons (Fsp3) is 0.200. The Morgan fingerprint density at radius 1 is 1.06 bits per heavy atom. The van der Waals surface area contributed by atoms with E-state index in [1.54, 1.807) is 43.3 Å². The van der Waals surface area contributed by atoms with E-state index < -0.39 is 22.0 Å². The van der Waals surface area contributed by atoms with Crippen LogP contribution in [0.25, 0.3) is 0 Å². The molecule has 34 heavy (non-hydrogen) atoms. The number of rotatable bonds is 4. The Labute approximate surface area is 197 Å². The fourth-order valence-corrected chi connectivity index (χ4v) is 6.04. The van der Waals surface area contributed by atoms with Crippen LogP contribution in [0.3, 0.4) is 0 Å². The summed E-state index contributed by atoms with van der Waals surface area (Å²) in [6.07, 6.45) is 0.0374. The first-order valence-electron chi connectivity index (χ1n) is 10.9. The summed E-state index contributed by atoms with van der Waals surface area (Å²) in [5.74, 6) is -0.229. The van der Waals surface area contributed by atoms with Crippen molar-refractivity contribution in [1.29, 1.82) is 0 Å². The van der Waals surface area contributed by atoms with Crippen molar-refractivity contribution in [2.45, 2.75) is 37.3 Å². The van der Waals surface area contributed by atoms with Gasteiger partial charge in [-0.05, 0) is 68.3 Å². The van der Waals surface area contributed by atoms with Gasteiger partial charge in [0.05, 0.1) is 16.3 Å². The first-order valence-corrected chi connectivity index (χ1v) is 12.3. The Bertz CT molecular complexity index is 1420. The largest absolute Gasteiger partial charge is 0.479 e. The summed E-state index contributed by atoms with van der Waals surface area (Å²) >= 11 is 0. The summed E-state index contributed by atoms with van der Waals surface area (Å²) in [4.78, 5) is 24.8. The highest BCUT2D eigenvalue weighted by Crippen LogP contribution is 2.37. The third kappa shape index (κ3) is 3.77. The molecule has 0 radical (unpaired) electrons. The molecule has 174 valence electrons. The second-order valence-corrected chi connectivity index (χ2v) is 10.2. The predicted molar refractivity (Wildman–Crippen MR) is 129 cm³/mol. The Balaban J connectivity index is 1.40. The lowest BCUT2D eigenvalue weighted by Gasteiger charge is -2.24. The third-order valence-corrected chi connectivity index (χ3v) is 7.89. The second-order valence-electron chi connectivity index (χ2n) is 8.42. The average Bonchev–Trinajstić information content (AvgIpc) is 3.16. The van der Waals surface area contributed by atoms with E-state index in [1.165, 1.54) is 16.4 Å². The van der Waals surface area contributed by atoms with Crippen molar-refractivity contribution in [3.8, 4) is 5.75 Å². The van der Waals surface area contributed by atoms with Crippen molar-refractivity contribution in [3.63, 3.8) is 0 Å². The van der Waals surface area contributed by atoms with E-state index in [2.05, 4.69) is 10.6 Å². The molecule has 2 atom stereocenters. The minimum Gasteiger partial charge on any atom is -0.479 e. The standard InChI is InChI=1S/C25H23N3O5S/c1-15-12-17-6-3-4-9-22(17)28(15)34(31,32)20-8-5-7-18(13-20)25(30)26-19-10-11-23-21(14-19)27-24(29)16(2)33-23/h3-11,13-16H,12H2,1-2H3,(H,26,30)(H,27,29)/t15-,16-/m0/s1. The van der Waals surface area contributed by atoms with Crippen LogP contribution < -0.4 is 19.7 Å². The van der Waals surface area contributed by atoms with Crippen molar-refractivity contribution in [2.24, 2.45) is 0 Å². The minimum absolute atomic E-state index is 0.0452. The lowest BCUT2D eigenvalue weighted by atomic mass is 10.1. The average molecular weight is 478 g/mol. The van der Waals surface area contributed by atoms with E-state index >= 15 is 0 Å². The van der Waals surface area contributed by atoms with Crippen LogP contribution in [-0.4, -0.2) is 32.4 Å². The number of nitrogens with one attached hydrogen (secondary N) is 2. The number of carbonyl (C=O) groups is 2. The molecule has 0 saturated heterocycles. The normalized spacial score (nSPS) is 19.0. The van der Waals surface area contributed by atoms with Gasteiger partial charge in [-0.3, -0.25) is 13.9 Å². The number of para-hydroxylation sites is 1. The molecule has 2 amide bonds. The van der Waals surface area contributed by atoms with Crippen LogP contribution in [0.15, 0.2) is 71.6 Å². The summed E-state index contributed by atoms with van der Waals surface area (Å²) in [6.45, 7) is 3.52. The molecule has 0 unspecified atom stereocenters. The SMILES string of the molecule is C[C@@H]1Oc2ccc(NC(=O)c3cccc(S(=O)(=O)N4c5ccccc5C[C@@H]4C)c3)cc2NC1=O. The number of hydrogen-bond acceptors (Lipinski definition) is 5. The van der Waals surface area contributed by atoms with Crippen molar-refractivity contribution in [3.05, 3.63) is 77.9 Å². The van der Waals surface area contributed by atoms with Crippen LogP contribution in [-0.2, 0) is 21.2 Å². The summed E-state index contributed by atoms with van der Waals surface area (Å²) in [6, 6.07) is 18.1. The highest BCUT2D eigenvalue weighted by atomic mass is 32.2. The molecule has 2 aliphatic rings. The number of sulfonamides is 1. The molecule has 2 aliphatic heterocycles. The lowest BCUT2D eigenvalue weighted by Crippen LogP contribution is -2.35. The van der Waals surface area contributed by atoms with E-state index in [4.69, 9.17) is 4.74 Å². The maximum absolute atomic E-state index is 13.5. The zero-order valence-electron chi connectivity index (χ0n) is 18.6. The molecule has 0 fully saturated rings. The van der Waals surface area contributed by atoms with Gasteiger partial charge in [0.1, 0.15) is 5.75 Å². The summed E-state index contributed by atoms with van der Waals surface area (Å²) in [7, 11) is -3.86. The van der Waals surface area contributed by atoms with E-state index in [9.17, 15) is 18.0 Å². The van der Waals surface area contributed by atoms with Crippen LogP contribution in [0.4, 0.5) is 17.1 Å². The van der Waals surface area contributed by atoms with Gasteiger partial charge in [-0.25, -0.2) is 8.42 Å². The van der Waals surface area contributed by atoms with Gasteiger partial charge in [-0.1, -0.05) is 24.3 Å². The maximum atomic E-state index is 13.5. The molecular formula is C25H23N3O5S. The first-order chi connectivity index (χ1) is 16.2. The van der Waals surface area contributed by atoms with Crippen LogP contribution in [0.5, 0.6) is 5.75 Å². The Morgan fingerprint density at radius 3 is 2.68 bits per heavy atom. The molecule has 0 bridgehead atoms. The van der Waals surface area contributed by atoms with Crippen molar-refractivity contribution < 1.29 is 22.7 Å². The van der Waals surface area contributed by atoms with E-state index in [0.29, 0.717) is 29.2 Å². The zero-order valence-corrected chi connectivity index (χ0v) is 19.4. The van der Waals surface area contributed by atoms with E-state index in [-0.39, 0.29) is 22.4 Å². The van der Waals surface area contributed by atoms with Crippen molar-refractivity contribution in [1.82, 2.24) is 0 Å². The van der Waals surface area contributed by atoms with Gasteiger partial charge in [-0.2, -0.15) is 0 Å². The highest BCUT2D eigenvalue weighted by molar-refractivity contribution is 7.92. The third-order valence-electron chi connectivity index (χ3n) is 5.97. The Kier molecular flexibility index (Phi) is 5.28. The number of anilines is 3. The number of hydrogen-bond donors (Lipinski definition) is 2. The molecule has 9 heteroatoms. The molecule has 0 aromatic heterocycles. The van der Waals surface area contributed by atoms with Crippen LogP contribution >= 0.6 is 0 Å². The van der Waals surface area contributed by atoms with Gasteiger partial charge in [0.15, 0.2) is 6.10 Å².